The molecule has 4 rings (SSSR count). The van der Waals surface area contributed by atoms with Gasteiger partial charge in [0, 0.05) is 23.3 Å². The standard InChI is InChI=1S/C25H15Cl2N5O6/c26-17-7-5-12(10-18(17)27)22(33)20(23-15-3-1-2-4-16(15)25(35)38-23)21(31-29)24(34)30-19-8-6-14(32(36)37)9-13(19)11-28/h1-10,20,23H,29H2,(H,30,34)/b31-21-/t20-,23+/m1/s1. The predicted octanol–water partition coefficient (Wildman–Crippen LogP) is 4.44. The van der Waals surface area contributed by atoms with E-state index < -0.39 is 40.3 Å². The van der Waals surface area contributed by atoms with E-state index in [1.807, 2.05) is 0 Å². The monoisotopic (exact) mass is 551 g/mol. The summed E-state index contributed by atoms with van der Waals surface area (Å²) in [6.45, 7) is 0. The van der Waals surface area contributed by atoms with Crippen LogP contribution in [0, 0.1) is 27.4 Å². The first kappa shape index (κ1) is 26.3. The third-order valence-electron chi connectivity index (χ3n) is 5.76. The molecule has 0 aliphatic carbocycles. The summed E-state index contributed by atoms with van der Waals surface area (Å²) in [5, 5.41) is 26.7. The summed E-state index contributed by atoms with van der Waals surface area (Å²) in [4.78, 5) is 50.0. The highest BCUT2D eigenvalue weighted by Gasteiger charge is 2.45. The lowest BCUT2D eigenvalue weighted by Gasteiger charge is -2.23. The molecule has 3 aromatic carbocycles. The Morgan fingerprint density at radius 2 is 1.87 bits per heavy atom. The number of cyclic esters (lactones) is 1. The largest absolute Gasteiger partial charge is 0.453 e. The van der Waals surface area contributed by atoms with Gasteiger partial charge in [0.1, 0.15) is 23.8 Å². The Bertz CT molecular complexity index is 1580. The van der Waals surface area contributed by atoms with Crippen LogP contribution >= 0.6 is 23.2 Å². The molecule has 0 saturated carbocycles. The van der Waals surface area contributed by atoms with Gasteiger partial charge in [-0.15, -0.1) is 0 Å². The molecule has 11 nitrogen and oxygen atoms in total. The van der Waals surface area contributed by atoms with Gasteiger partial charge in [0.2, 0.25) is 0 Å². The first-order valence-electron chi connectivity index (χ1n) is 10.7. The number of rotatable bonds is 7. The summed E-state index contributed by atoms with van der Waals surface area (Å²) in [5.41, 5.74) is -0.636. The minimum Gasteiger partial charge on any atom is -0.453 e. The van der Waals surface area contributed by atoms with Crippen LogP contribution in [-0.4, -0.2) is 28.3 Å². The number of Topliss-reactive ketones (excluding diaryl/α,β-unsaturated/α-hetero) is 1. The third kappa shape index (κ3) is 4.90. The van der Waals surface area contributed by atoms with Gasteiger partial charge in [-0.3, -0.25) is 19.7 Å². The summed E-state index contributed by atoms with van der Waals surface area (Å²) in [6.07, 6.45) is -1.28. The van der Waals surface area contributed by atoms with E-state index in [4.69, 9.17) is 33.8 Å². The number of hydrazone groups is 1. The topological polar surface area (TPSA) is 178 Å². The van der Waals surface area contributed by atoms with Crippen LogP contribution in [0.4, 0.5) is 11.4 Å². The molecule has 13 heteroatoms. The molecule has 0 spiro atoms. The van der Waals surface area contributed by atoms with Crippen molar-refractivity contribution in [3.05, 3.63) is 103 Å². The Kier molecular flexibility index (Phi) is 7.38. The van der Waals surface area contributed by atoms with Gasteiger partial charge in [-0.25, -0.2) is 4.79 Å². The molecule has 1 amide bonds. The van der Waals surface area contributed by atoms with E-state index in [0.29, 0.717) is 5.56 Å². The maximum absolute atomic E-state index is 13.8. The molecule has 2 atom stereocenters. The molecule has 0 radical (unpaired) electrons. The van der Waals surface area contributed by atoms with E-state index in [-0.39, 0.29) is 38.1 Å². The SMILES string of the molecule is N#Cc1cc([N+](=O)[O-])ccc1NC(=O)/C(=N\N)[C@H](C(=O)c1ccc(Cl)c(Cl)c1)[C@H]1OC(=O)c2ccccc21. The molecular formula is C25H15Cl2N5O6. The van der Waals surface area contributed by atoms with Gasteiger partial charge in [-0.2, -0.15) is 10.4 Å². The predicted molar refractivity (Wildman–Crippen MR) is 137 cm³/mol. The zero-order chi connectivity index (χ0) is 27.6. The highest BCUT2D eigenvalue weighted by molar-refractivity contribution is 6.48. The number of nitro benzene ring substituents is 1. The van der Waals surface area contributed by atoms with E-state index in [9.17, 15) is 29.8 Å². The van der Waals surface area contributed by atoms with Crippen molar-refractivity contribution in [3.63, 3.8) is 0 Å². The molecule has 1 heterocycles. The molecule has 3 N–H and O–H groups in total. The summed E-state index contributed by atoms with van der Waals surface area (Å²) in [6, 6.07) is 15.3. The summed E-state index contributed by atoms with van der Waals surface area (Å²) < 4.78 is 5.50. The highest BCUT2D eigenvalue weighted by Crippen LogP contribution is 2.39. The molecule has 0 bridgehead atoms. The van der Waals surface area contributed by atoms with Crippen LogP contribution in [0.15, 0.2) is 65.8 Å². The number of ether oxygens (including phenoxy) is 1. The first-order chi connectivity index (χ1) is 18.2. The average molecular weight is 552 g/mol. The van der Waals surface area contributed by atoms with Crippen LogP contribution in [0.5, 0.6) is 0 Å². The number of carbonyl (C=O) groups excluding carboxylic acids is 3. The number of ketones is 1. The zero-order valence-electron chi connectivity index (χ0n) is 19.1. The fraction of sp³-hybridized carbons (Fsp3) is 0.0800. The number of hydrogen-bond acceptors (Lipinski definition) is 9. The number of benzene rings is 3. The van der Waals surface area contributed by atoms with E-state index >= 15 is 0 Å². The van der Waals surface area contributed by atoms with Gasteiger partial charge in [-0.05, 0) is 30.3 Å². The molecule has 0 unspecified atom stereocenters. The molecular weight excluding hydrogens is 537 g/mol. The van der Waals surface area contributed by atoms with Crippen molar-refractivity contribution < 1.29 is 24.0 Å². The molecule has 3 aromatic rings. The van der Waals surface area contributed by atoms with Gasteiger partial charge in [0.15, 0.2) is 5.78 Å². The molecule has 1 aliphatic heterocycles. The number of nitrogens with one attached hydrogen (secondary N) is 1. The van der Waals surface area contributed by atoms with Gasteiger partial charge in [-0.1, -0.05) is 41.4 Å². The smallest absolute Gasteiger partial charge is 0.339 e. The number of halogens is 2. The van der Waals surface area contributed by atoms with Crippen molar-refractivity contribution in [1.82, 2.24) is 0 Å². The maximum Gasteiger partial charge on any atom is 0.339 e. The Morgan fingerprint density at radius 3 is 2.53 bits per heavy atom. The fourth-order valence-electron chi connectivity index (χ4n) is 3.97. The Hall–Kier alpha value is -4.79. The Balaban J connectivity index is 1.78. The number of hydrogen-bond donors (Lipinski definition) is 2. The van der Waals surface area contributed by atoms with E-state index in [2.05, 4.69) is 10.4 Å². The van der Waals surface area contributed by atoms with Crippen molar-refractivity contribution in [2.45, 2.75) is 6.10 Å². The van der Waals surface area contributed by atoms with Gasteiger partial charge in [0.05, 0.1) is 31.8 Å². The van der Waals surface area contributed by atoms with Crippen LogP contribution in [0.2, 0.25) is 10.0 Å². The molecule has 0 fully saturated rings. The fourth-order valence-corrected chi connectivity index (χ4v) is 4.27. The number of nitrogens with zero attached hydrogens (tertiary/aromatic N) is 3. The van der Waals surface area contributed by atoms with Crippen molar-refractivity contribution in [2.75, 3.05) is 5.32 Å². The quantitative estimate of drug-likeness (QED) is 0.108. The van der Waals surface area contributed by atoms with Crippen LogP contribution in [0.3, 0.4) is 0 Å². The van der Waals surface area contributed by atoms with E-state index in [1.165, 1.54) is 24.3 Å². The lowest BCUT2D eigenvalue weighted by Crippen LogP contribution is -2.39. The van der Waals surface area contributed by atoms with Crippen molar-refractivity contribution in [1.29, 1.82) is 5.26 Å². The van der Waals surface area contributed by atoms with E-state index in [0.717, 1.165) is 18.2 Å². The summed E-state index contributed by atoms with van der Waals surface area (Å²) in [5.74, 6) is 1.63. The third-order valence-corrected chi connectivity index (χ3v) is 6.50. The Morgan fingerprint density at radius 1 is 1.13 bits per heavy atom. The number of nitriles is 1. The van der Waals surface area contributed by atoms with Crippen molar-refractivity contribution in [2.24, 2.45) is 16.9 Å². The number of esters is 1. The molecule has 1 aliphatic rings. The summed E-state index contributed by atoms with van der Waals surface area (Å²) >= 11 is 12.1. The number of nitro groups is 1. The first-order valence-corrected chi connectivity index (χ1v) is 11.5. The van der Waals surface area contributed by atoms with E-state index in [1.54, 1.807) is 24.3 Å². The second kappa shape index (κ2) is 10.7. The molecule has 38 heavy (non-hydrogen) atoms. The molecule has 0 aromatic heterocycles. The van der Waals surface area contributed by atoms with Crippen LogP contribution < -0.4 is 11.2 Å². The lowest BCUT2D eigenvalue weighted by molar-refractivity contribution is -0.384. The number of carbonyl (C=O) groups is 3. The number of non-ortho nitro benzene ring substituents is 1. The van der Waals surface area contributed by atoms with Crippen molar-refractivity contribution >= 4 is 57.9 Å². The summed E-state index contributed by atoms with van der Waals surface area (Å²) in [7, 11) is 0. The Labute approximate surface area is 224 Å². The highest BCUT2D eigenvalue weighted by atomic mass is 35.5. The second-order valence-electron chi connectivity index (χ2n) is 7.95. The number of nitrogens with two attached hydrogens (primary N) is 1. The second-order valence-corrected chi connectivity index (χ2v) is 8.77. The van der Waals surface area contributed by atoms with Crippen molar-refractivity contribution in [3.8, 4) is 6.07 Å². The van der Waals surface area contributed by atoms with Crippen LogP contribution in [-0.2, 0) is 9.53 Å². The van der Waals surface area contributed by atoms with Gasteiger partial charge in [0.25, 0.3) is 11.6 Å². The minimum atomic E-state index is -1.53. The minimum absolute atomic E-state index is 0.0341. The normalized spacial score (nSPS) is 15.1. The average Bonchev–Trinajstić information content (AvgIpc) is 3.24. The van der Waals surface area contributed by atoms with Crippen LogP contribution in [0.25, 0.3) is 0 Å². The number of amides is 1. The molecule has 0 saturated heterocycles. The van der Waals surface area contributed by atoms with Gasteiger partial charge >= 0.3 is 5.97 Å². The maximum atomic E-state index is 13.8. The van der Waals surface area contributed by atoms with Crippen LogP contribution in [0.1, 0.15) is 37.9 Å². The van der Waals surface area contributed by atoms with Gasteiger partial charge < -0.3 is 15.9 Å². The lowest BCUT2D eigenvalue weighted by atomic mass is 9.84. The number of anilines is 1. The zero-order valence-corrected chi connectivity index (χ0v) is 20.6. The number of fused-ring (bicyclic) bond motifs is 1. The molecule has 190 valence electrons.